The molecule has 4 amide bonds. The van der Waals surface area contributed by atoms with Crippen LogP contribution in [0, 0.1) is 5.82 Å². The number of halogens is 3. The van der Waals surface area contributed by atoms with E-state index in [0.29, 0.717) is 29.2 Å². The fourth-order valence-corrected chi connectivity index (χ4v) is 5.73. The summed E-state index contributed by atoms with van der Waals surface area (Å²) in [4.78, 5) is 58.1. The van der Waals surface area contributed by atoms with Crippen molar-refractivity contribution in [3.8, 4) is 5.75 Å². The van der Waals surface area contributed by atoms with Gasteiger partial charge >= 0.3 is 12.2 Å². The minimum absolute atomic E-state index is 0.0545. The second kappa shape index (κ2) is 16.0. The predicted molar refractivity (Wildman–Crippen MR) is 195 cm³/mol. The summed E-state index contributed by atoms with van der Waals surface area (Å²) in [5.41, 5.74) is -1.53. The number of hydrogen-bond acceptors (Lipinski definition) is 10. The zero-order chi connectivity index (χ0) is 38.7. The number of carbonyl (C=O) groups is 4. The van der Waals surface area contributed by atoms with E-state index < -0.39 is 47.0 Å². The lowest BCUT2D eigenvalue weighted by atomic mass is 10.1. The Labute approximate surface area is 312 Å². The maximum absolute atomic E-state index is 14.5. The molecule has 2 aromatic carbocycles. The molecule has 1 aliphatic heterocycles. The molecule has 3 aromatic rings. The summed E-state index contributed by atoms with van der Waals surface area (Å²) in [6, 6.07) is 10.1. The van der Waals surface area contributed by atoms with Crippen molar-refractivity contribution in [2.75, 3.05) is 36.9 Å². The van der Waals surface area contributed by atoms with Gasteiger partial charge in [0.05, 0.1) is 5.02 Å². The second-order valence-electron chi connectivity index (χ2n) is 14.3. The second-order valence-corrected chi connectivity index (χ2v) is 15.1. The quantitative estimate of drug-likeness (QED) is 0.237. The number of nitrogens with one attached hydrogen (secondary N) is 1. The molecule has 0 aliphatic carbocycles. The van der Waals surface area contributed by atoms with Crippen molar-refractivity contribution in [2.45, 2.75) is 78.7 Å². The fraction of sp³-hybridized carbons (Fsp3) is 0.444. The summed E-state index contributed by atoms with van der Waals surface area (Å²) < 4.78 is 31.6. The Morgan fingerprint density at radius 2 is 1.54 bits per heavy atom. The zero-order valence-corrected chi connectivity index (χ0v) is 32.1. The van der Waals surface area contributed by atoms with Crippen LogP contribution < -0.4 is 15.0 Å². The van der Waals surface area contributed by atoms with Gasteiger partial charge in [0, 0.05) is 53.6 Å². The number of nitrogens with zero attached hydrogens (tertiary/aromatic N) is 5. The molecule has 1 aliphatic rings. The molecule has 2 heterocycles. The first-order chi connectivity index (χ1) is 24.1. The van der Waals surface area contributed by atoms with Gasteiger partial charge in [-0.3, -0.25) is 9.59 Å². The molecular weight excluding hydrogens is 718 g/mol. The summed E-state index contributed by atoms with van der Waals surface area (Å²) >= 11 is 12.6. The van der Waals surface area contributed by atoms with Gasteiger partial charge < -0.3 is 29.3 Å². The summed E-state index contributed by atoms with van der Waals surface area (Å²) in [5, 5.41) is 10.5. The molecule has 2 atom stereocenters. The molecule has 0 spiro atoms. The van der Waals surface area contributed by atoms with Crippen molar-refractivity contribution >= 4 is 58.7 Å². The first kappa shape index (κ1) is 40.2. The third-order valence-corrected chi connectivity index (χ3v) is 8.48. The van der Waals surface area contributed by atoms with Gasteiger partial charge in [0.2, 0.25) is 5.82 Å². The van der Waals surface area contributed by atoms with E-state index in [1.165, 1.54) is 13.0 Å². The molecule has 0 bridgehead atoms. The number of amides is 4. The number of piperazine rings is 1. The van der Waals surface area contributed by atoms with E-state index in [-0.39, 0.29) is 39.0 Å². The number of imide groups is 1. The predicted octanol–water partition coefficient (Wildman–Crippen LogP) is 7.77. The van der Waals surface area contributed by atoms with Gasteiger partial charge in [-0.15, -0.1) is 10.2 Å². The van der Waals surface area contributed by atoms with E-state index >= 15 is 0 Å². The van der Waals surface area contributed by atoms with Crippen LogP contribution in [0.1, 0.15) is 87.9 Å². The molecule has 0 unspecified atom stereocenters. The van der Waals surface area contributed by atoms with Crippen molar-refractivity contribution in [3.63, 3.8) is 0 Å². The molecule has 1 N–H and O–H groups in total. The van der Waals surface area contributed by atoms with Crippen LogP contribution in [-0.2, 0) is 9.47 Å². The zero-order valence-electron chi connectivity index (χ0n) is 30.5. The Balaban J connectivity index is 1.70. The molecule has 1 fully saturated rings. The monoisotopic (exact) mass is 760 g/mol. The number of ether oxygens (including phenoxy) is 3. The highest BCUT2D eigenvalue weighted by molar-refractivity contribution is 6.36. The van der Waals surface area contributed by atoms with Crippen molar-refractivity contribution in [1.29, 1.82) is 0 Å². The Morgan fingerprint density at radius 3 is 2.10 bits per heavy atom. The van der Waals surface area contributed by atoms with Crippen molar-refractivity contribution in [3.05, 3.63) is 75.1 Å². The van der Waals surface area contributed by atoms with Crippen molar-refractivity contribution in [2.24, 2.45) is 0 Å². The molecule has 280 valence electrons. The van der Waals surface area contributed by atoms with Gasteiger partial charge in [-0.1, -0.05) is 23.2 Å². The summed E-state index contributed by atoms with van der Waals surface area (Å²) in [5.74, 6) is -2.43. The number of anilines is 2. The van der Waals surface area contributed by atoms with E-state index in [9.17, 15) is 23.6 Å². The number of carbonyl (C=O) groups excluding carboxylic acids is 4. The van der Waals surface area contributed by atoms with Crippen molar-refractivity contribution in [1.82, 2.24) is 20.0 Å². The topological polar surface area (TPSA) is 144 Å². The minimum atomic E-state index is -1.17. The largest absolute Gasteiger partial charge is 0.482 e. The van der Waals surface area contributed by atoms with Crippen LogP contribution in [0.25, 0.3) is 0 Å². The van der Waals surface area contributed by atoms with Crippen LogP contribution in [-0.4, -0.2) is 87.9 Å². The lowest BCUT2D eigenvalue weighted by molar-refractivity contribution is 0.0425. The third-order valence-electron chi connectivity index (χ3n) is 7.76. The SMILES string of the molecule is C[C@@H](Oc1cc(C(=O)Nc2ccc(C(=O)N3CCN(C)[C@@H](C)C3)cc2)nnc1N(C(=O)OC(C)(C)C)C(=O)OC(C)(C)C)c1c(Cl)ccc(F)c1Cl. The average molecular weight is 762 g/mol. The first-order valence-corrected chi connectivity index (χ1v) is 17.3. The maximum atomic E-state index is 14.5. The van der Waals surface area contributed by atoms with Crippen LogP contribution >= 0.6 is 23.2 Å². The molecule has 13 nitrogen and oxygen atoms in total. The fourth-order valence-electron chi connectivity index (χ4n) is 5.05. The molecule has 4 rings (SSSR count). The summed E-state index contributed by atoms with van der Waals surface area (Å²) in [7, 11) is 2.02. The standard InChI is InChI=1S/C36H43Cl2FN6O7/c1-20-19-44(17-16-43(20)9)32(47)22-10-12-23(13-11-22)40-31(46)26-18-27(50-21(2)28-24(37)14-15-25(39)29(28)38)30(42-41-26)45(33(48)51-35(3,4)5)34(49)52-36(6,7)8/h10-15,18,20-21H,16-17,19H2,1-9H3,(H,40,46)/t20-,21+/m0/s1. The highest BCUT2D eigenvalue weighted by atomic mass is 35.5. The Morgan fingerprint density at radius 1 is 0.942 bits per heavy atom. The molecular formula is C36H43Cl2FN6O7. The highest BCUT2D eigenvalue weighted by Gasteiger charge is 2.37. The molecule has 52 heavy (non-hydrogen) atoms. The lowest BCUT2D eigenvalue weighted by Crippen LogP contribution is -2.52. The van der Waals surface area contributed by atoms with E-state index in [1.807, 2.05) is 7.05 Å². The number of rotatable bonds is 7. The maximum Gasteiger partial charge on any atom is 0.425 e. The molecule has 0 radical (unpaired) electrons. The Hall–Kier alpha value is -4.53. The van der Waals surface area contributed by atoms with Gasteiger partial charge in [-0.25, -0.2) is 14.0 Å². The van der Waals surface area contributed by atoms with E-state index in [4.69, 9.17) is 37.4 Å². The summed E-state index contributed by atoms with van der Waals surface area (Å²) in [6.45, 7) is 15.1. The number of likely N-dealkylation sites (N-methyl/N-ethyl adjacent to an activating group) is 1. The van der Waals surface area contributed by atoms with Crippen LogP contribution in [0.5, 0.6) is 5.75 Å². The molecule has 16 heteroatoms. The van der Waals surface area contributed by atoms with Crippen LogP contribution in [0.2, 0.25) is 10.0 Å². The van der Waals surface area contributed by atoms with Gasteiger partial charge in [-0.05, 0) is 98.8 Å². The summed E-state index contributed by atoms with van der Waals surface area (Å²) in [6.07, 6.45) is -3.46. The average Bonchev–Trinajstić information content (AvgIpc) is 3.03. The molecule has 0 saturated carbocycles. The minimum Gasteiger partial charge on any atom is -0.482 e. The normalized spacial score (nSPS) is 15.8. The number of benzene rings is 2. The smallest absolute Gasteiger partial charge is 0.425 e. The van der Waals surface area contributed by atoms with Gasteiger partial charge in [-0.2, -0.15) is 4.90 Å². The van der Waals surface area contributed by atoms with E-state index in [2.05, 4.69) is 27.3 Å². The number of aromatic nitrogens is 2. The number of hydrogen-bond donors (Lipinski definition) is 1. The van der Waals surface area contributed by atoms with Gasteiger partial charge in [0.25, 0.3) is 11.8 Å². The van der Waals surface area contributed by atoms with Crippen LogP contribution in [0.15, 0.2) is 42.5 Å². The molecule has 1 saturated heterocycles. The van der Waals surface area contributed by atoms with E-state index in [0.717, 1.165) is 18.7 Å². The van der Waals surface area contributed by atoms with Gasteiger partial charge in [0.1, 0.15) is 23.1 Å². The lowest BCUT2D eigenvalue weighted by Gasteiger charge is -2.37. The third kappa shape index (κ3) is 10.1. The van der Waals surface area contributed by atoms with Crippen LogP contribution in [0.4, 0.5) is 25.5 Å². The Kier molecular flexibility index (Phi) is 12.4. The van der Waals surface area contributed by atoms with Gasteiger partial charge in [0.15, 0.2) is 11.4 Å². The van der Waals surface area contributed by atoms with E-state index in [1.54, 1.807) is 70.7 Å². The highest BCUT2D eigenvalue weighted by Crippen LogP contribution is 2.38. The Bertz CT molecular complexity index is 1800. The first-order valence-electron chi connectivity index (χ1n) is 16.5. The van der Waals surface area contributed by atoms with Crippen LogP contribution in [0.3, 0.4) is 0 Å². The van der Waals surface area contributed by atoms with Crippen molar-refractivity contribution < 1.29 is 37.8 Å². The molecule has 1 aromatic heterocycles.